The molecule has 0 heterocycles. The first-order chi connectivity index (χ1) is 7.68. The van der Waals surface area contributed by atoms with E-state index in [1.165, 1.54) is 0 Å². The van der Waals surface area contributed by atoms with Crippen LogP contribution in [0.4, 0.5) is 0 Å². The van der Waals surface area contributed by atoms with Gasteiger partial charge in [-0.15, -0.1) is 0 Å². The topological polar surface area (TPSA) is 58.6 Å². The molecule has 0 aliphatic rings. The molecule has 4 nitrogen and oxygen atoms in total. The molecule has 0 aliphatic heterocycles. The highest BCUT2D eigenvalue weighted by atomic mass is 79.9. The first-order valence-corrected chi connectivity index (χ1v) is 5.78. The first-order valence-electron chi connectivity index (χ1n) is 4.99. The minimum atomic E-state index is -0.790. The standard InChI is InChI=1S/C11H14BrNO3/c12-9-1-3-10(4-2-9)16-8-7-13-6-5-11(14)15/h1-4,13H,5-8H2,(H,14,15). The third-order valence-electron chi connectivity index (χ3n) is 1.88. The number of carboxylic acid groups (broad SMARTS) is 1. The number of ether oxygens (including phenoxy) is 1. The van der Waals surface area contributed by atoms with Crippen LogP contribution in [0.5, 0.6) is 5.75 Å². The Kier molecular flexibility index (Phi) is 5.88. The summed E-state index contributed by atoms with van der Waals surface area (Å²) in [7, 11) is 0. The molecule has 2 N–H and O–H groups in total. The van der Waals surface area contributed by atoms with Crippen LogP contribution in [-0.4, -0.2) is 30.8 Å². The molecule has 5 heteroatoms. The Morgan fingerprint density at radius 2 is 2.00 bits per heavy atom. The number of rotatable bonds is 7. The number of hydrogen-bond acceptors (Lipinski definition) is 3. The number of nitrogens with one attached hydrogen (secondary N) is 1. The summed E-state index contributed by atoms with van der Waals surface area (Å²) in [4.78, 5) is 10.2. The van der Waals surface area contributed by atoms with Gasteiger partial charge in [0.25, 0.3) is 0 Å². The lowest BCUT2D eigenvalue weighted by molar-refractivity contribution is -0.136. The second-order valence-corrected chi connectivity index (χ2v) is 4.11. The van der Waals surface area contributed by atoms with E-state index in [0.29, 0.717) is 19.7 Å². The van der Waals surface area contributed by atoms with Gasteiger partial charge in [-0.25, -0.2) is 0 Å². The average Bonchev–Trinajstić information content (AvgIpc) is 2.25. The highest BCUT2D eigenvalue weighted by molar-refractivity contribution is 9.10. The Balaban J connectivity index is 2.07. The third kappa shape index (κ3) is 5.72. The van der Waals surface area contributed by atoms with E-state index in [2.05, 4.69) is 21.2 Å². The molecule has 1 rings (SSSR count). The number of carboxylic acids is 1. The van der Waals surface area contributed by atoms with Gasteiger partial charge in [0.15, 0.2) is 0 Å². The second-order valence-electron chi connectivity index (χ2n) is 3.20. The predicted molar refractivity (Wildman–Crippen MR) is 64.8 cm³/mol. The molecule has 0 bridgehead atoms. The van der Waals surface area contributed by atoms with Crippen LogP contribution in [0.2, 0.25) is 0 Å². The van der Waals surface area contributed by atoms with Crippen molar-refractivity contribution in [3.8, 4) is 5.75 Å². The van der Waals surface area contributed by atoms with Crippen LogP contribution in [0.15, 0.2) is 28.7 Å². The predicted octanol–water partition coefficient (Wildman–Crippen LogP) is 1.89. The molecule has 0 radical (unpaired) electrons. The van der Waals surface area contributed by atoms with E-state index in [4.69, 9.17) is 9.84 Å². The van der Waals surface area contributed by atoms with E-state index < -0.39 is 5.97 Å². The molecule has 0 saturated carbocycles. The van der Waals surface area contributed by atoms with Gasteiger partial charge >= 0.3 is 5.97 Å². The van der Waals surface area contributed by atoms with E-state index in [-0.39, 0.29) is 6.42 Å². The molecule has 0 spiro atoms. The highest BCUT2D eigenvalue weighted by Crippen LogP contribution is 2.15. The molecule has 0 saturated heterocycles. The van der Waals surface area contributed by atoms with Crippen LogP contribution in [0.25, 0.3) is 0 Å². The minimum Gasteiger partial charge on any atom is -0.492 e. The van der Waals surface area contributed by atoms with E-state index in [1.807, 2.05) is 24.3 Å². The Bertz CT molecular complexity index is 327. The Labute approximate surface area is 103 Å². The minimum absolute atomic E-state index is 0.137. The van der Waals surface area contributed by atoms with Crippen molar-refractivity contribution in [3.05, 3.63) is 28.7 Å². The average molecular weight is 288 g/mol. The Morgan fingerprint density at radius 1 is 1.31 bits per heavy atom. The van der Waals surface area contributed by atoms with Gasteiger partial charge in [0.05, 0.1) is 6.42 Å². The summed E-state index contributed by atoms with van der Waals surface area (Å²) in [6.07, 6.45) is 0.137. The maximum absolute atomic E-state index is 10.2. The summed E-state index contributed by atoms with van der Waals surface area (Å²) < 4.78 is 6.45. The molecular formula is C11H14BrNO3. The summed E-state index contributed by atoms with van der Waals surface area (Å²) in [6, 6.07) is 7.57. The lowest BCUT2D eigenvalue weighted by Crippen LogP contribution is -2.23. The van der Waals surface area contributed by atoms with E-state index in [1.54, 1.807) is 0 Å². The van der Waals surface area contributed by atoms with Crippen LogP contribution < -0.4 is 10.1 Å². The van der Waals surface area contributed by atoms with Crippen LogP contribution in [-0.2, 0) is 4.79 Å². The zero-order chi connectivity index (χ0) is 11.8. The molecule has 0 unspecified atom stereocenters. The SMILES string of the molecule is O=C(O)CCNCCOc1ccc(Br)cc1. The van der Waals surface area contributed by atoms with Gasteiger partial charge < -0.3 is 15.2 Å². The zero-order valence-electron chi connectivity index (χ0n) is 8.78. The molecule has 16 heavy (non-hydrogen) atoms. The quantitative estimate of drug-likeness (QED) is 0.752. The summed E-state index contributed by atoms with van der Waals surface area (Å²) in [6.45, 7) is 1.64. The van der Waals surface area contributed by atoms with E-state index >= 15 is 0 Å². The molecule has 1 aromatic carbocycles. The summed E-state index contributed by atoms with van der Waals surface area (Å²) in [5, 5.41) is 11.4. The van der Waals surface area contributed by atoms with Crippen molar-refractivity contribution < 1.29 is 14.6 Å². The second kappa shape index (κ2) is 7.24. The largest absolute Gasteiger partial charge is 0.492 e. The smallest absolute Gasteiger partial charge is 0.304 e. The van der Waals surface area contributed by atoms with Gasteiger partial charge in [0.1, 0.15) is 12.4 Å². The monoisotopic (exact) mass is 287 g/mol. The fourth-order valence-electron chi connectivity index (χ4n) is 1.09. The number of aliphatic carboxylic acids is 1. The van der Waals surface area contributed by atoms with Crippen molar-refractivity contribution in [2.24, 2.45) is 0 Å². The third-order valence-corrected chi connectivity index (χ3v) is 2.41. The van der Waals surface area contributed by atoms with Gasteiger partial charge in [-0.05, 0) is 24.3 Å². The Morgan fingerprint density at radius 3 is 2.62 bits per heavy atom. The van der Waals surface area contributed by atoms with Crippen LogP contribution in [0.3, 0.4) is 0 Å². The van der Waals surface area contributed by atoms with Crippen molar-refractivity contribution >= 4 is 21.9 Å². The maximum Gasteiger partial charge on any atom is 0.304 e. The normalized spacial score (nSPS) is 10.1. The number of hydrogen-bond donors (Lipinski definition) is 2. The summed E-state index contributed by atoms with van der Waals surface area (Å²) in [5.41, 5.74) is 0. The zero-order valence-corrected chi connectivity index (χ0v) is 10.4. The van der Waals surface area contributed by atoms with Crippen molar-refractivity contribution in [1.82, 2.24) is 5.32 Å². The van der Waals surface area contributed by atoms with Crippen molar-refractivity contribution in [1.29, 1.82) is 0 Å². The molecule has 1 aromatic rings. The van der Waals surface area contributed by atoms with Crippen molar-refractivity contribution in [2.75, 3.05) is 19.7 Å². The summed E-state index contributed by atoms with van der Waals surface area (Å²) >= 11 is 3.34. The van der Waals surface area contributed by atoms with Crippen molar-refractivity contribution in [3.63, 3.8) is 0 Å². The fraction of sp³-hybridized carbons (Fsp3) is 0.364. The molecule has 0 fully saturated rings. The molecule has 88 valence electrons. The molecule has 0 amide bonds. The molecule has 0 aromatic heterocycles. The lowest BCUT2D eigenvalue weighted by Gasteiger charge is -2.06. The van der Waals surface area contributed by atoms with Gasteiger partial charge in [-0.1, -0.05) is 15.9 Å². The molecular weight excluding hydrogens is 274 g/mol. The van der Waals surface area contributed by atoms with E-state index in [9.17, 15) is 4.79 Å². The molecule has 0 atom stereocenters. The van der Waals surface area contributed by atoms with Gasteiger partial charge in [0.2, 0.25) is 0 Å². The van der Waals surface area contributed by atoms with E-state index in [0.717, 1.165) is 10.2 Å². The van der Waals surface area contributed by atoms with Gasteiger partial charge in [-0.3, -0.25) is 4.79 Å². The van der Waals surface area contributed by atoms with Crippen LogP contribution >= 0.6 is 15.9 Å². The summed E-state index contributed by atoms with van der Waals surface area (Å²) in [5.74, 6) is 0.0181. The first kappa shape index (κ1) is 13.0. The van der Waals surface area contributed by atoms with Crippen LogP contribution in [0, 0.1) is 0 Å². The van der Waals surface area contributed by atoms with Gasteiger partial charge in [-0.2, -0.15) is 0 Å². The maximum atomic E-state index is 10.2. The van der Waals surface area contributed by atoms with Gasteiger partial charge in [0, 0.05) is 17.6 Å². The number of carbonyl (C=O) groups is 1. The van der Waals surface area contributed by atoms with Crippen molar-refractivity contribution in [2.45, 2.75) is 6.42 Å². The fourth-order valence-corrected chi connectivity index (χ4v) is 1.36. The Hall–Kier alpha value is -1.07. The van der Waals surface area contributed by atoms with Crippen LogP contribution in [0.1, 0.15) is 6.42 Å². The number of halogens is 1. The lowest BCUT2D eigenvalue weighted by atomic mass is 10.3. The molecule has 0 aliphatic carbocycles. The highest BCUT2D eigenvalue weighted by Gasteiger charge is 1.96. The number of benzene rings is 1.